The average Bonchev–Trinajstić information content (AvgIpc) is 2.25. The molecule has 1 atom stereocenters. The lowest BCUT2D eigenvalue weighted by atomic mass is 10.0. The largest absolute Gasteiger partial charge is 0.388 e. The molecular weight excluding hydrogens is 382 g/mol. The van der Waals surface area contributed by atoms with Crippen molar-refractivity contribution in [3.8, 4) is 0 Å². The Morgan fingerprint density at radius 2 is 1.47 bits per heavy atom. The molecular formula is C14H10Br2F2O. The average molecular weight is 392 g/mol. The first-order valence-corrected chi connectivity index (χ1v) is 7.11. The van der Waals surface area contributed by atoms with Gasteiger partial charge in [0.1, 0.15) is 11.6 Å². The van der Waals surface area contributed by atoms with E-state index in [1.54, 1.807) is 12.1 Å². The first-order chi connectivity index (χ1) is 8.94. The molecule has 2 aromatic rings. The second-order valence-corrected chi connectivity index (χ2v) is 6.03. The van der Waals surface area contributed by atoms with Crippen LogP contribution in [-0.2, 0) is 6.42 Å². The Kier molecular flexibility index (Phi) is 4.71. The normalized spacial score (nSPS) is 12.5. The van der Waals surface area contributed by atoms with Crippen LogP contribution in [0.4, 0.5) is 8.78 Å². The van der Waals surface area contributed by atoms with Gasteiger partial charge in [0, 0.05) is 15.4 Å². The topological polar surface area (TPSA) is 20.2 Å². The molecule has 0 saturated carbocycles. The van der Waals surface area contributed by atoms with E-state index in [4.69, 9.17) is 0 Å². The molecule has 1 nitrogen and oxygen atoms in total. The van der Waals surface area contributed by atoms with E-state index in [1.807, 2.05) is 0 Å². The van der Waals surface area contributed by atoms with Crippen LogP contribution in [-0.4, -0.2) is 5.11 Å². The van der Waals surface area contributed by atoms with Crippen LogP contribution in [0, 0.1) is 11.6 Å². The maximum Gasteiger partial charge on any atom is 0.124 e. The van der Waals surface area contributed by atoms with Crippen LogP contribution in [0.2, 0.25) is 0 Å². The second-order valence-electron chi connectivity index (χ2n) is 4.20. The molecule has 0 radical (unpaired) electrons. The molecule has 19 heavy (non-hydrogen) atoms. The SMILES string of the molecule is OC(Cc1cc(F)cc(Br)c1)c1cc(F)cc(Br)c1. The Hall–Kier alpha value is -0.780. The lowest BCUT2D eigenvalue weighted by molar-refractivity contribution is 0.178. The Bertz CT molecular complexity index is 561. The Morgan fingerprint density at radius 1 is 0.895 bits per heavy atom. The molecule has 2 aromatic carbocycles. The van der Waals surface area contributed by atoms with E-state index >= 15 is 0 Å². The van der Waals surface area contributed by atoms with E-state index in [0.29, 0.717) is 20.1 Å². The van der Waals surface area contributed by atoms with Crippen LogP contribution in [0.15, 0.2) is 45.3 Å². The highest BCUT2D eigenvalue weighted by molar-refractivity contribution is 9.10. The summed E-state index contributed by atoms with van der Waals surface area (Å²) in [5.74, 6) is -0.805. The van der Waals surface area contributed by atoms with E-state index in [1.165, 1.54) is 24.3 Å². The molecule has 1 N–H and O–H groups in total. The number of rotatable bonds is 3. The summed E-state index contributed by atoms with van der Waals surface area (Å²) in [6.07, 6.45) is -0.674. The molecule has 100 valence electrons. The molecule has 5 heteroatoms. The molecule has 0 spiro atoms. The number of hydrogen-bond acceptors (Lipinski definition) is 1. The number of benzene rings is 2. The summed E-state index contributed by atoms with van der Waals surface area (Å²) in [6, 6.07) is 8.64. The predicted octanol–water partition coefficient (Wildman–Crippen LogP) is 4.77. The smallest absolute Gasteiger partial charge is 0.124 e. The van der Waals surface area contributed by atoms with Gasteiger partial charge in [0.15, 0.2) is 0 Å². The van der Waals surface area contributed by atoms with Crippen molar-refractivity contribution in [1.82, 2.24) is 0 Å². The lowest BCUT2D eigenvalue weighted by Crippen LogP contribution is -2.03. The summed E-state index contributed by atoms with van der Waals surface area (Å²) in [7, 11) is 0. The van der Waals surface area contributed by atoms with Crippen molar-refractivity contribution in [3.05, 3.63) is 68.1 Å². The monoisotopic (exact) mass is 390 g/mol. The highest BCUT2D eigenvalue weighted by Gasteiger charge is 2.12. The molecule has 0 bridgehead atoms. The fraction of sp³-hybridized carbons (Fsp3) is 0.143. The van der Waals surface area contributed by atoms with Gasteiger partial charge in [0.05, 0.1) is 6.10 Å². The van der Waals surface area contributed by atoms with Gasteiger partial charge >= 0.3 is 0 Å². The van der Waals surface area contributed by atoms with Gasteiger partial charge in [-0.1, -0.05) is 31.9 Å². The van der Waals surface area contributed by atoms with Crippen LogP contribution in [0.25, 0.3) is 0 Å². The van der Waals surface area contributed by atoms with Gasteiger partial charge in [-0.2, -0.15) is 0 Å². The van der Waals surface area contributed by atoms with Gasteiger partial charge in [0.2, 0.25) is 0 Å². The minimum absolute atomic E-state index is 0.215. The van der Waals surface area contributed by atoms with Crippen LogP contribution < -0.4 is 0 Å². The maximum absolute atomic E-state index is 13.2. The number of halogens is 4. The summed E-state index contributed by atoms with van der Waals surface area (Å²) in [6.45, 7) is 0. The van der Waals surface area contributed by atoms with Crippen LogP contribution in [0.1, 0.15) is 17.2 Å². The first-order valence-electron chi connectivity index (χ1n) is 5.53. The van der Waals surface area contributed by atoms with Crippen molar-refractivity contribution in [2.75, 3.05) is 0 Å². The maximum atomic E-state index is 13.2. The van der Waals surface area contributed by atoms with Crippen LogP contribution in [0.5, 0.6) is 0 Å². The van der Waals surface area contributed by atoms with Crippen LogP contribution in [0.3, 0.4) is 0 Å². The standard InChI is InChI=1S/C14H10Br2F2O/c15-10-1-8(2-12(17)6-10)3-14(19)9-4-11(16)7-13(18)5-9/h1-2,4-7,14,19H,3H2. The molecule has 0 aliphatic carbocycles. The minimum atomic E-state index is -0.888. The van der Waals surface area contributed by atoms with E-state index in [0.717, 1.165) is 0 Å². The van der Waals surface area contributed by atoms with Gasteiger partial charge in [-0.3, -0.25) is 0 Å². The third-order valence-corrected chi connectivity index (χ3v) is 3.54. The molecule has 0 heterocycles. The first kappa shape index (κ1) is 14.6. The van der Waals surface area contributed by atoms with Gasteiger partial charge in [-0.15, -0.1) is 0 Å². The highest BCUT2D eigenvalue weighted by Crippen LogP contribution is 2.25. The molecule has 0 amide bonds. The lowest BCUT2D eigenvalue weighted by Gasteiger charge is -2.12. The zero-order valence-corrected chi connectivity index (χ0v) is 12.9. The summed E-state index contributed by atoms with van der Waals surface area (Å²) in [4.78, 5) is 0. The van der Waals surface area contributed by atoms with E-state index in [2.05, 4.69) is 31.9 Å². The van der Waals surface area contributed by atoms with Gasteiger partial charge in [-0.05, 0) is 47.5 Å². The zero-order valence-electron chi connectivity index (χ0n) is 9.71. The van der Waals surface area contributed by atoms with Crippen molar-refractivity contribution in [2.45, 2.75) is 12.5 Å². The van der Waals surface area contributed by atoms with Crippen molar-refractivity contribution in [2.24, 2.45) is 0 Å². The fourth-order valence-corrected chi connectivity index (χ4v) is 2.83. The molecule has 0 fully saturated rings. The molecule has 2 rings (SSSR count). The quantitative estimate of drug-likeness (QED) is 0.799. The number of aliphatic hydroxyl groups excluding tert-OH is 1. The zero-order chi connectivity index (χ0) is 14.0. The van der Waals surface area contributed by atoms with Crippen molar-refractivity contribution in [3.63, 3.8) is 0 Å². The summed E-state index contributed by atoms with van der Waals surface area (Å²) < 4.78 is 27.6. The van der Waals surface area contributed by atoms with E-state index in [-0.39, 0.29) is 12.2 Å². The molecule has 0 saturated heterocycles. The van der Waals surface area contributed by atoms with Gasteiger partial charge in [-0.25, -0.2) is 8.78 Å². The number of aliphatic hydroxyl groups is 1. The van der Waals surface area contributed by atoms with Crippen molar-refractivity contribution >= 4 is 31.9 Å². The Labute approximate surface area is 126 Å². The third kappa shape index (κ3) is 4.09. The van der Waals surface area contributed by atoms with Crippen LogP contribution >= 0.6 is 31.9 Å². The highest BCUT2D eigenvalue weighted by atomic mass is 79.9. The fourth-order valence-electron chi connectivity index (χ4n) is 1.84. The summed E-state index contributed by atoms with van der Waals surface area (Å²) in [5, 5.41) is 10.1. The number of hydrogen-bond donors (Lipinski definition) is 1. The predicted molar refractivity (Wildman–Crippen MR) is 76.9 cm³/mol. The summed E-state index contributed by atoms with van der Waals surface area (Å²) in [5.41, 5.74) is 1.09. The third-order valence-electron chi connectivity index (χ3n) is 2.62. The van der Waals surface area contributed by atoms with Crippen molar-refractivity contribution in [1.29, 1.82) is 0 Å². The van der Waals surface area contributed by atoms with Gasteiger partial charge in [0.25, 0.3) is 0 Å². The Morgan fingerprint density at radius 3 is 2.05 bits per heavy atom. The molecule has 0 aromatic heterocycles. The molecule has 0 aliphatic rings. The van der Waals surface area contributed by atoms with E-state index < -0.39 is 11.9 Å². The molecule has 0 aliphatic heterocycles. The van der Waals surface area contributed by atoms with Gasteiger partial charge < -0.3 is 5.11 Å². The van der Waals surface area contributed by atoms with Crippen molar-refractivity contribution < 1.29 is 13.9 Å². The minimum Gasteiger partial charge on any atom is -0.388 e. The summed E-state index contributed by atoms with van der Waals surface area (Å²) >= 11 is 6.36. The Balaban J connectivity index is 2.22. The second kappa shape index (κ2) is 6.11. The molecule has 1 unspecified atom stereocenters. The van der Waals surface area contributed by atoms with E-state index in [9.17, 15) is 13.9 Å².